The molecule has 0 aliphatic carbocycles. The Morgan fingerprint density at radius 1 is 0.373 bits per heavy atom. The summed E-state index contributed by atoms with van der Waals surface area (Å²) in [6.45, 7) is 10.0. The van der Waals surface area contributed by atoms with Crippen molar-refractivity contribution in [3.8, 4) is 44.5 Å². The van der Waals surface area contributed by atoms with Gasteiger partial charge < -0.3 is 4.57 Å². The van der Waals surface area contributed by atoms with Crippen molar-refractivity contribution < 1.29 is 0 Å². The van der Waals surface area contributed by atoms with Gasteiger partial charge >= 0.3 is 0 Å². The lowest BCUT2D eigenvalue weighted by Gasteiger charge is -2.21. The Balaban J connectivity index is 1.08. The molecule has 0 bridgehead atoms. The fourth-order valence-electron chi connectivity index (χ4n) is 8.15. The highest BCUT2D eigenvalue weighted by Gasteiger charge is 2.18. The highest BCUT2D eigenvalue weighted by atomic mass is 15.0. The van der Waals surface area contributed by atoms with E-state index < -0.39 is 0 Å². The van der Waals surface area contributed by atoms with Gasteiger partial charge in [-0.1, -0.05) is 166 Å². The van der Waals surface area contributed by atoms with Gasteiger partial charge in [0.05, 0.1) is 0 Å². The molecular weight excluding hydrogens is 615 g/mol. The van der Waals surface area contributed by atoms with Crippen molar-refractivity contribution in [1.82, 2.24) is 4.57 Å². The first-order valence-electron chi connectivity index (χ1n) is 18.2. The molecule has 0 spiro atoms. The van der Waals surface area contributed by atoms with E-state index in [4.69, 9.17) is 0 Å². The monoisotopic (exact) mass is 655 g/mol. The van der Waals surface area contributed by atoms with Crippen LogP contribution in [0.2, 0.25) is 0 Å². The molecule has 9 rings (SSSR count). The molecule has 8 aromatic carbocycles. The number of rotatable bonds is 5. The lowest BCUT2D eigenvalue weighted by atomic mass is 9.83. The quantitative estimate of drug-likeness (QED) is 0.163. The van der Waals surface area contributed by atoms with E-state index in [0.717, 1.165) is 6.54 Å². The van der Waals surface area contributed by atoms with Crippen LogP contribution in [0.4, 0.5) is 0 Å². The summed E-state index contributed by atoms with van der Waals surface area (Å²) in [5.74, 6) is 0. The number of nitrogens with zero attached hydrogens (tertiary/aromatic N) is 1. The number of benzene rings is 8. The summed E-state index contributed by atoms with van der Waals surface area (Å²) < 4.78 is 2.41. The minimum absolute atomic E-state index is 0.118. The average Bonchev–Trinajstić information content (AvgIpc) is 3.49. The van der Waals surface area contributed by atoms with Gasteiger partial charge in [0.1, 0.15) is 0 Å². The van der Waals surface area contributed by atoms with Crippen molar-refractivity contribution in [3.63, 3.8) is 0 Å². The predicted molar refractivity (Wildman–Crippen MR) is 221 cm³/mol. The Morgan fingerprint density at radius 2 is 0.745 bits per heavy atom. The van der Waals surface area contributed by atoms with E-state index in [1.165, 1.54) is 93.4 Å². The van der Waals surface area contributed by atoms with Crippen LogP contribution in [0.15, 0.2) is 164 Å². The van der Waals surface area contributed by atoms with Gasteiger partial charge in [0.15, 0.2) is 0 Å². The number of hydrogen-bond donors (Lipinski definition) is 0. The first-order chi connectivity index (χ1) is 24.9. The maximum absolute atomic E-state index is 2.41. The third-order valence-corrected chi connectivity index (χ3v) is 10.8. The molecule has 1 aromatic heterocycles. The highest BCUT2D eigenvalue weighted by molar-refractivity contribution is 6.21. The van der Waals surface area contributed by atoms with Crippen molar-refractivity contribution in [2.24, 2.45) is 0 Å². The number of aryl methyl sites for hydroxylation is 1. The SMILES string of the molecule is CCn1c2ccccc2c2cc(-c3ccc(-c4ccc(-c5c6ccccc6c(-c6ccc(C(C)(C)C)cc6)c6ccccc56)cc4)cc3)ccc21. The molecule has 0 atom stereocenters. The highest BCUT2D eigenvalue weighted by Crippen LogP contribution is 2.44. The minimum Gasteiger partial charge on any atom is -0.341 e. The molecule has 0 aliphatic heterocycles. The van der Waals surface area contributed by atoms with E-state index in [2.05, 4.69) is 196 Å². The smallest absolute Gasteiger partial charge is 0.0491 e. The molecule has 0 fully saturated rings. The van der Waals surface area contributed by atoms with Crippen LogP contribution in [0.1, 0.15) is 33.3 Å². The maximum Gasteiger partial charge on any atom is 0.0491 e. The zero-order valence-corrected chi connectivity index (χ0v) is 29.7. The summed E-state index contributed by atoms with van der Waals surface area (Å²) in [5.41, 5.74) is 14.1. The van der Waals surface area contributed by atoms with E-state index in [9.17, 15) is 0 Å². The largest absolute Gasteiger partial charge is 0.341 e. The van der Waals surface area contributed by atoms with E-state index in [0.29, 0.717) is 0 Å². The van der Waals surface area contributed by atoms with Crippen molar-refractivity contribution in [2.45, 2.75) is 39.7 Å². The van der Waals surface area contributed by atoms with E-state index >= 15 is 0 Å². The van der Waals surface area contributed by atoms with Crippen LogP contribution in [-0.2, 0) is 12.0 Å². The number of para-hydroxylation sites is 1. The topological polar surface area (TPSA) is 4.93 Å². The van der Waals surface area contributed by atoms with Crippen LogP contribution in [0.5, 0.6) is 0 Å². The van der Waals surface area contributed by atoms with Crippen molar-refractivity contribution in [1.29, 1.82) is 0 Å². The molecule has 0 N–H and O–H groups in total. The second-order valence-electron chi connectivity index (χ2n) is 14.8. The summed E-state index contributed by atoms with van der Waals surface area (Å²) in [6.07, 6.45) is 0. The standard InChI is InChI=1S/C50H41N/c1-5-51-46-17-11-10-12-40(46)45-32-38(28-31-47(45)51)35-20-18-33(19-21-35)34-22-24-36(25-23-34)48-41-13-6-8-15-43(41)49(44-16-9-7-14-42(44)48)37-26-29-39(30-27-37)50(2,3)4/h6-32H,5H2,1-4H3. The van der Waals surface area contributed by atoms with Crippen molar-refractivity contribution >= 4 is 43.4 Å². The van der Waals surface area contributed by atoms with E-state index in [1.807, 2.05) is 0 Å². The van der Waals surface area contributed by atoms with Gasteiger partial charge in [0.2, 0.25) is 0 Å². The van der Waals surface area contributed by atoms with Gasteiger partial charge in [0, 0.05) is 28.4 Å². The summed E-state index contributed by atoms with van der Waals surface area (Å²) in [5, 5.41) is 7.76. The predicted octanol–water partition coefficient (Wildman–Crippen LogP) is 14.1. The zero-order valence-electron chi connectivity index (χ0n) is 29.7. The molecule has 0 unspecified atom stereocenters. The van der Waals surface area contributed by atoms with Gasteiger partial charge in [0.25, 0.3) is 0 Å². The second-order valence-corrected chi connectivity index (χ2v) is 14.8. The summed E-state index contributed by atoms with van der Waals surface area (Å²) in [4.78, 5) is 0. The molecule has 0 saturated heterocycles. The second kappa shape index (κ2) is 12.1. The molecule has 0 radical (unpaired) electrons. The van der Waals surface area contributed by atoms with Crippen LogP contribution >= 0.6 is 0 Å². The van der Waals surface area contributed by atoms with Gasteiger partial charge in [-0.3, -0.25) is 0 Å². The summed E-state index contributed by atoms with van der Waals surface area (Å²) in [6, 6.07) is 60.8. The van der Waals surface area contributed by atoms with Crippen molar-refractivity contribution in [2.75, 3.05) is 0 Å². The molecule has 0 saturated carbocycles. The molecule has 51 heavy (non-hydrogen) atoms. The maximum atomic E-state index is 2.41. The first-order valence-corrected chi connectivity index (χ1v) is 18.2. The Kier molecular flexibility index (Phi) is 7.40. The summed E-state index contributed by atoms with van der Waals surface area (Å²) in [7, 11) is 0. The zero-order chi connectivity index (χ0) is 34.7. The third-order valence-electron chi connectivity index (χ3n) is 10.8. The minimum atomic E-state index is 0.118. The fraction of sp³-hybridized carbons (Fsp3) is 0.120. The normalized spacial score (nSPS) is 12.0. The Morgan fingerprint density at radius 3 is 1.22 bits per heavy atom. The number of aromatic nitrogens is 1. The van der Waals surface area contributed by atoms with E-state index in [-0.39, 0.29) is 5.41 Å². The fourth-order valence-corrected chi connectivity index (χ4v) is 8.15. The molecule has 246 valence electrons. The molecule has 9 aromatic rings. The van der Waals surface area contributed by atoms with Crippen molar-refractivity contribution in [3.05, 3.63) is 169 Å². The molecule has 0 amide bonds. The molecule has 1 heterocycles. The first kappa shape index (κ1) is 31.1. The van der Waals surface area contributed by atoms with Crippen LogP contribution in [0.3, 0.4) is 0 Å². The number of fused-ring (bicyclic) bond motifs is 5. The molecule has 0 aliphatic rings. The lowest BCUT2D eigenvalue weighted by Crippen LogP contribution is -2.10. The Bertz CT molecular complexity index is 2660. The van der Waals surface area contributed by atoms with Gasteiger partial charge in [-0.15, -0.1) is 0 Å². The Hall–Kier alpha value is -5.92. The average molecular weight is 656 g/mol. The van der Waals surface area contributed by atoms with E-state index in [1.54, 1.807) is 0 Å². The lowest BCUT2D eigenvalue weighted by molar-refractivity contribution is 0.590. The van der Waals surface area contributed by atoms with Crippen LogP contribution < -0.4 is 0 Å². The van der Waals surface area contributed by atoms with Gasteiger partial charge in [-0.25, -0.2) is 0 Å². The third kappa shape index (κ3) is 5.24. The summed E-state index contributed by atoms with van der Waals surface area (Å²) >= 11 is 0. The molecule has 1 nitrogen and oxygen atoms in total. The van der Waals surface area contributed by atoms with Gasteiger partial charge in [-0.2, -0.15) is 0 Å². The Labute approximate surface area is 300 Å². The number of hydrogen-bond acceptors (Lipinski definition) is 0. The molecule has 1 heteroatoms. The van der Waals surface area contributed by atoms with Crippen LogP contribution in [0.25, 0.3) is 87.9 Å². The van der Waals surface area contributed by atoms with Crippen LogP contribution in [0, 0.1) is 0 Å². The van der Waals surface area contributed by atoms with Crippen LogP contribution in [-0.4, -0.2) is 4.57 Å². The van der Waals surface area contributed by atoms with Gasteiger partial charge in [-0.05, 0) is 102 Å². The molecular formula is C50H41N.